The first-order valence-corrected chi connectivity index (χ1v) is 8.41. The second kappa shape index (κ2) is 7.41. The van der Waals surface area contributed by atoms with Gasteiger partial charge in [0.1, 0.15) is 6.10 Å². The summed E-state index contributed by atoms with van der Waals surface area (Å²) in [5, 5.41) is 3.34. The average molecular weight is 341 g/mol. The van der Waals surface area contributed by atoms with E-state index in [0.717, 1.165) is 53.7 Å². The normalized spacial score (nSPS) is 26.5. The Balaban J connectivity index is 2.04. The molecule has 0 bridgehead atoms. The molecule has 1 saturated carbocycles. The first-order valence-electron chi connectivity index (χ1n) is 7.62. The third-order valence-corrected chi connectivity index (χ3v) is 4.72. The molecule has 1 aliphatic rings. The number of ether oxygens (including phenoxy) is 1. The molecule has 0 amide bonds. The Bertz CT molecular complexity index is 438. The fourth-order valence-corrected chi connectivity index (χ4v) is 3.10. The standard InChI is InChI=1S/C16H25BrN2O/c1-4-18-9-13-8-14(17)10-19-16(13)20-15-6-5-11(2)12(3)7-15/h8,10-12,15,18H,4-7,9H2,1-3H3. The highest BCUT2D eigenvalue weighted by Gasteiger charge is 2.26. The summed E-state index contributed by atoms with van der Waals surface area (Å²) in [4.78, 5) is 4.46. The second-order valence-corrected chi connectivity index (χ2v) is 6.82. The summed E-state index contributed by atoms with van der Waals surface area (Å²) in [6.07, 6.45) is 5.67. The summed E-state index contributed by atoms with van der Waals surface area (Å²) in [6.45, 7) is 8.53. The van der Waals surface area contributed by atoms with Gasteiger partial charge in [-0.05, 0) is 59.6 Å². The SMILES string of the molecule is CCNCc1cc(Br)cnc1OC1CCC(C)C(C)C1. The maximum atomic E-state index is 6.19. The molecule has 0 aliphatic heterocycles. The van der Waals surface area contributed by atoms with Crippen LogP contribution in [0.5, 0.6) is 5.88 Å². The zero-order chi connectivity index (χ0) is 14.5. The molecule has 3 atom stereocenters. The van der Waals surface area contributed by atoms with Gasteiger partial charge in [0, 0.05) is 22.8 Å². The van der Waals surface area contributed by atoms with E-state index >= 15 is 0 Å². The van der Waals surface area contributed by atoms with Crippen LogP contribution in [0.4, 0.5) is 0 Å². The topological polar surface area (TPSA) is 34.2 Å². The van der Waals surface area contributed by atoms with Gasteiger partial charge in [-0.1, -0.05) is 20.8 Å². The highest BCUT2D eigenvalue weighted by molar-refractivity contribution is 9.10. The van der Waals surface area contributed by atoms with E-state index in [1.54, 1.807) is 0 Å². The lowest BCUT2D eigenvalue weighted by Gasteiger charge is -2.32. The van der Waals surface area contributed by atoms with E-state index in [1.807, 2.05) is 6.20 Å². The maximum Gasteiger partial charge on any atom is 0.218 e. The highest BCUT2D eigenvalue weighted by atomic mass is 79.9. The minimum Gasteiger partial charge on any atom is -0.474 e. The Morgan fingerprint density at radius 2 is 2.15 bits per heavy atom. The highest BCUT2D eigenvalue weighted by Crippen LogP contribution is 2.32. The summed E-state index contributed by atoms with van der Waals surface area (Å²) in [6, 6.07) is 2.10. The Kier molecular flexibility index (Phi) is 5.85. The number of nitrogens with zero attached hydrogens (tertiary/aromatic N) is 1. The Hall–Kier alpha value is -0.610. The van der Waals surface area contributed by atoms with Crippen molar-refractivity contribution in [2.75, 3.05) is 6.54 Å². The van der Waals surface area contributed by atoms with Crippen molar-refractivity contribution in [2.45, 2.75) is 52.7 Å². The smallest absolute Gasteiger partial charge is 0.218 e. The van der Waals surface area contributed by atoms with Gasteiger partial charge in [-0.2, -0.15) is 0 Å². The average Bonchev–Trinajstić information content (AvgIpc) is 2.43. The van der Waals surface area contributed by atoms with E-state index in [0.29, 0.717) is 6.10 Å². The van der Waals surface area contributed by atoms with Crippen LogP contribution < -0.4 is 10.1 Å². The molecule has 1 aliphatic carbocycles. The summed E-state index contributed by atoms with van der Waals surface area (Å²) < 4.78 is 7.19. The van der Waals surface area contributed by atoms with Crippen LogP contribution in [0.1, 0.15) is 45.6 Å². The van der Waals surface area contributed by atoms with Gasteiger partial charge < -0.3 is 10.1 Å². The molecular weight excluding hydrogens is 316 g/mol. The minimum absolute atomic E-state index is 0.315. The lowest BCUT2D eigenvalue weighted by Crippen LogP contribution is -2.29. The van der Waals surface area contributed by atoms with Gasteiger partial charge in [-0.25, -0.2) is 4.98 Å². The zero-order valence-corrected chi connectivity index (χ0v) is 14.2. The van der Waals surface area contributed by atoms with Gasteiger partial charge in [0.2, 0.25) is 5.88 Å². The quantitative estimate of drug-likeness (QED) is 0.873. The molecule has 0 saturated heterocycles. The summed E-state index contributed by atoms with van der Waals surface area (Å²) >= 11 is 3.49. The van der Waals surface area contributed by atoms with Gasteiger partial charge >= 0.3 is 0 Å². The lowest BCUT2D eigenvalue weighted by atomic mass is 9.80. The van der Waals surface area contributed by atoms with E-state index in [9.17, 15) is 0 Å². The van der Waals surface area contributed by atoms with Crippen LogP contribution >= 0.6 is 15.9 Å². The Morgan fingerprint density at radius 1 is 1.35 bits per heavy atom. The van der Waals surface area contributed by atoms with Gasteiger partial charge in [0.05, 0.1) is 0 Å². The van der Waals surface area contributed by atoms with Crippen molar-refractivity contribution in [3.05, 3.63) is 22.3 Å². The number of nitrogens with one attached hydrogen (secondary N) is 1. The summed E-state index contributed by atoms with van der Waals surface area (Å²) in [5.74, 6) is 2.34. The van der Waals surface area contributed by atoms with Gasteiger partial charge in [0.15, 0.2) is 0 Å². The van der Waals surface area contributed by atoms with E-state index in [1.165, 1.54) is 6.42 Å². The predicted molar refractivity (Wildman–Crippen MR) is 85.9 cm³/mol. The van der Waals surface area contributed by atoms with Crippen LogP contribution in [-0.4, -0.2) is 17.6 Å². The maximum absolute atomic E-state index is 6.19. The van der Waals surface area contributed by atoms with Crippen LogP contribution in [0.3, 0.4) is 0 Å². The van der Waals surface area contributed by atoms with Crippen molar-refractivity contribution in [1.29, 1.82) is 0 Å². The molecule has 1 aromatic heterocycles. The monoisotopic (exact) mass is 340 g/mol. The van der Waals surface area contributed by atoms with Crippen molar-refractivity contribution in [3.63, 3.8) is 0 Å². The molecule has 2 rings (SSSR count). The van der Waals surface area contributed by atoms with E-state index in [-0.39, 0.29) is 0 Å². The number of pyridine rings is 1. The molecule has 4 heteroatoms. The first kappa shape index (κ1) is 15.8. The number of rotatable bonds is 5. The third-order valence-electron chi connectivity index (χ3n) is 4.29. The van der Waals surface area contributed by atoms with Crippen molar-refractivity contribution in [1.82, 2.24) is 10.3 Å². The molecule has 20 heavy (non-hydrogen) atoms. The predicted octanol–water partition coefficient (Wildman–Crippen LogP) is 4.16. The largest absolute Gasteiger partial charge is 0.474 e. The molecule has 1 aromatic rings. The summed E-state index contributed by atoms with van der Waals surface area (Å²) in [7, 11) is 0. The first-order chi connectivity index (χ1) is 9.60. The molecular formula is C16H25BrN2O. The lowest BCUT2D eigenvalue weighted by molar-refractivity contribution is 0.0953. The number of hydrogen-bond donors (Lipinski definition) is 1. The molecule has 1 heterocycles. The van der Waals surface area contributed by atoms with E-state index in [2.05, 4.69) is 53.1 Å². The van der Waals surface area contributed by atoms with Crippen molar-refractivity contribution in [2.24, 2.45) is 11.8 Å². The van der Waals surface area contributed by atoms with Gasteiger partial charge in [0.25, 0.3) is 0 Å². The molecule has 1 N–H and O–H groups in total. The number of hydrogen-bond acceptors (Lipinski definition) is 3. The van der Waals surface area contributed by atoms with Crippen LogP contribution in [0, 0.1) is 11.8 Å². The van der Waals surface area contributed by atoms with E-state index < -0.39 is 0 Å². The fraction of sp³-hybridized carbons (Fsp3) is 0.688. The molecule has 112 valence electrons. The second-order valence-electron chi connectivity index (χ2n) is 5.91. The Morgan fingerprint density at radius 3 is 2.85 bits per heavy atom. The number of halogens is 1. The molecule has 1 fully saturated rings. The molecule has 0 spiro atoms. The zero-order valence-electron chi connectivity index (χ0n) is 12.7. The molecule has 3 nitrogen and oxygen atoms in total. The van der Waals surface area contributed by atoms with Crippen molar-refractivity contribution >= 4 is 15.9 Å². The Labute approximate surface area is 130 Å². The van der Waals surface area contributed by atoms with Gasteiger partial charge in [-0.15, -0.1) is 0 Å². The molecule has 0 aromatic carbocycles. The van der Waals surface area contributed by atoms with Crippen LogP contribution in [0.15, 0.2) is 16.7 Å². The fourth-order valence-electron chi connectivity index (χ4n) is 2.72. The molecule has 0 radical (unpaired) electrons. The summed E-state index contributed by atoms with van der Waals surface area (Å²) in [5.41, 5.74) is 1.13. The molecule has 3 unspecified atom stereocenters. The third kappa shape index (κ3) is 4.19. The van der Waals surface area contributed by atoms with Crippen molar-refractivity contribution in [3.8, 4) is 5.88 Å². The number of aromatic nitrogens is 1. The van der Waals surface area contributed by atoms with Crippen LogP contribution in [0.25, 0.3) is 0 Å². The van der Waals surface area contributed by atoms with E-state index in [4.69, 9.17) is 4.74 Å². The van der Waals surface area contributed by atoms with Gasteiger partial charge in [-0.3, -0.25) is 0 Å². The van der Waals surface area contributed by atoms with Crippen LogP contribution in [0.2, 0.25) is 0 Å². The van der Waals surface area contributed by atoms with Crippen molar-refractivity contribution < 1.29 is 4.74 Å². The van der Waals surface area contributed by atoms with Crippen LogP contribution in [-0.2, 0) is 6.54 Å². The minimum atomic E-state index is 0.315.